The fourth-order valence-electron chi connectivity index (χ4n) is 1.20. The van der Waals surface area contributed by atoms with Crippen molar-refractivity contribution in [2.75, 3.05) is 0 Å². The van der Waals surface area contributed by atoms with E-state index in [9.17, 15) is 0 Å². The van der Waals surface area contributed by atoms with Crippen molar-refractivity contribution < 1.29 is 0 Å². The third-order valence-corrected chi connectivity index (χ3v) is 4.60. The lowest BCUT2D eigenvalue weighted by Crippen LogP contribution is -2.00. The molecule has 1 rings (SSSR count). The highest BCUT2D eigenvalue weighted by atomic mass is 28.2. The fraction of sp³-hybridized carbons (Fsp3) is 0.556. The second-order valence-electron chi connectivity index (χ2n) is 3.40. The molecule has 0 aromatic heterocycles. The summed E-state index contributed by atoms with van der Waals surface area (Å²) in [7, 11) is 0.167. The molecule has 0 aliphatic heterocycles. The van der Waals surface area contributed by atoms with Crippen molar-refractivity contribution in [2.24, 2.45) is 5.92 Å². The zero-order valence-electron chi connectivity index (χ0n) is 6.88. The van der Waals surface area contributed by atoms with Crippen molar-refractivity contribution in [3.8, 4) is 0 Å². The SMILES string of the molecule is CC(C)C[SiH2]C1C=CC=C1. The molecule has 0 aromatic carbocycles. The summed E-state index contributed by atoms with van der Waals surface area (Å²) in [4.78, 5) is 0. The molecular weight excluding hydrogens is 136 g/mol. The summed E-state index contributed by atoms with van der Waals surface area (Å²) in [5, 5.41) is 0. The zero-order chi connectivity index (χ0) is 7.40. The summed E-state index contributed by atoms with van der Waals surface area (Å²) < 4.78 is 0. The van der Waals surface area contributed by atoms with Gasteiger partial charge in [-0.25, -0.2) is 0 Å². The van der Waals surface area contributed by atoms with Crippen LogP contribution in [0.15, 0.2) is 24.3 Å². The molecule has 0 aromatic rings. The van der Waals surface area contributed by atoms with E-state index >= 15 is 0 Å². The minimum atomic E-state index is 0.167. The minimum absolute atomic E-state index is 0.167. The molecule has 1 aliphatic carbocycles. The topological polar surface area (TPSA) is 0 Å². The van der Waals surface area contributed by atoms with Crippen LogP contribution in [0.2, 0.25) is 11.6 Å². The van der Waals surface area contributed by atoms with E-state index in [2.05, 4.69) is 38.2 Å². The van der Waals surface area contributed by atoms with Crippen LogP contribution in [0.3, 0.4) is 0 Å². The molecule has 0 saturated heterocycles. The van der Waals surface area contributed by atoms with E-state index in [1.54, 1.807) is 0 Å². The van der Waals surface area contributed by atoms with Crippen molar-refractivity contribution >= 4 is 9.52 Å². The Morgan fingerprint density at radius 3 is 2.40 bits per heavy atom. The molecule has 0 spiro atoms. The quantitative estimate of drug-likeness (QED) is 0.544. The first kappa shape index (κ1) is 7.80. The second-order valence-corrected chi connectivity index (χ2v) is 5.50. The van der Waals surface area contributed by atoms with Crippen LogP contribution in [-0.2, 0) is 0 Å². The van der Waals surface area contributed by atoms with E-state index in [1.807, 2.05) is 0 Å². The van der Waals surface area contributed by atoms with E-state index in [-0.39, 0.29) is 9.52 Å². The largest absolute Gasteiger partial charge is 0.0810 e. The van der Waals surface area contributed by atoms with Gasteiger partial charge in [-0.1, -0.05) is 44.2 Å². The van der Waals surface area contributed by atoms with Crippen molar-refractivity contribution in [1.82, 2.24) is 0 Å². The molecule has 0 unspecified atom stereocenters. The Hall–Kier alpha value is -0.303. The lowest BCUT2D eigenvalue weighted by Gasteiger charge is -2.05. The van der Waals surface area contributed by atoms with Gasteiger partial charge in [-0.05, 0) is 11.5 Å². The molecule has 1 heteroatoms. The van der Waals surface area contributed by atoms with Crippen molar-refractivity contribution in [2.45, 2.75) is 25.4 Å². The Balaban J connectivity index is 2.14. The lowest BCUT2D eigenvalue weighted by molar-refractivity contribution is 0.729. The highest BCUT2D eigenvalue weighted by Gasteiger charge is 2.04. The summed E-state index contributed by atoms with van der Waals surface area (Å²) in [5.41, 5.74) is 0.877. The summed E-state index contributed by atoms with van der Waals surface area (Å²) in [6, 6.07) is 1.49. The van der Waals surface area contributed by atoms with E-state index in [0.29, 0.717) is 0 Å². The van der Waals surface area contributed by atoms with Gasteiger partial charge in [0.05, 0.1) is 0 Å². The van der Waals surface area contributed by atoms with Crippen LogP contribution < -0.4 is 0 Å². The summed E-state index contributed by atoms with van der Waals surface area (Å²) in [5.74, 6) is 0.911. The van der Waals surface area contributed by atoms with Crippen LogP contribution in [-0.4, -0.2) is 9.52 Å². The van der Waals surface area contributed by atoms with Crippen LogP contribution in [0, 0.1) is 5.92 Å². The third kappa shape index (κ3) is 2.52. The van der Waals surface area contributed by atoms with E-state index in [0.717, 1.165) is 11.5 Å². The highest BCUT2D eigenvalue weighted by Crippen LogP contribution is 2.16. The lowest BCUT2D eigenvalue weighted by atomic mass is 10.3. The van der Waals surface area contributed by atoms with Gasteiger partial charge in [0, 0.05) is 9.52 Å². The normalized spacial score (nSPS) is 18.7. The van der Waals surface area contributed by atoms with Gasteiger partial charge < -0.3 is 0 Å². The van der Waals surface area contributed by atoms with Gasteiger partial charge in [-0.2, -0.15) is 0 Å². The van der Waals surface area contributed by atoms with Gasteiger partial charge in [0.15, 0.2) is 0 Å². The first-order valence-corrected chi connectivity index (χ1v) is 5.95. The van der Waals surface area contributed by atoms with E-state index in [1.165, 1.54) is 6.04 Å². The molecular formula is C9H16Si. The molecule has 0 amide bonds. The Morgan fingerprint density at radius 2 is 1.90 bits per heavy atom. The predicted molar refractivity (Wildman–Crippen MR) is 50.2 cm³/mol. The van der Waals surface area contributed by atoms with Crippen LogP contribution in [0.1, 0.15) is 13.8 Å². The molecule has 56 valence electrons. The standard InChI is InChI=1S/C9H16Si/c1-8(2)7-10-9-5-3-4-6-9/h3-6,8-9H,7,10H2,1-2H3. The van der Waals surface area contributed by atoms with E-state index in [4.69, 9.17) is 0 Å². The van der Waals surface area contributed by atoms with Gasteiger partial charge in [0.2, 0.25) is 0 Å². The van der Waals surface area contributed by atoms with Gasteiger partial charge in [-0.3, -0.25) is 0 Å². The number of hydrogen-bond acceptors (Lipinski definition) is 0. The van der Waals surface area contributed by atoms with Crippen LogP contribution >= 0.6 is 0 Å². The number of hydrogen-bond donors (Lipinski definition) is 0. The third-order valence-electron chi connectivity index (χ3n) is 1.91. The smallest absolute Gasteiger partial charge is 0.0329 e. The number of rotatable bonds is 3. The Morgan fingerprint density at radius 1 is 1.30 bits per heavy atom. The predicted octanol–water partition coefficient (Wildman–Crippen LogP) is 2.14. The first-order valence-electron chi connectivity index (χ1n) is 4.14. The van der Waals surface area contributed by atoms with Crippen LogP contribution in [0.5, 0.6) is 0 Å². The van der Waals surface area contributed by atoms with Crippen LogP contribution in [0.4, 0.5) is 0 Å². The maximum Gasteiger partial charge on any atom is 0.0329 e. The molecule has 0 bridgehead atoms. The fourth-order valence-corrected chi connectivity index (χ4v) is 2.95. The maximum atomic E-state index is 2.34. The van der Waals surface area contributed by atoms with Gasteiger partial charge >= 0.3 is 0 Å². The van der Waals surface area contributed by atoms with Crippen molar-refractivity contribution in [3.05, 3.63) is 24.3 Å². The minimum Gasteiger partial charge on any atom is -0.0810 e. The van der Waals surface area contributed by atoms with E-state index < -0.39 is 0 Å². The highest BCUT2D eigenvalue weighted by molar-refractivity contribution is 6.39. The second kappa shape index (κ2) is 3.77. The summed E-state index contributed by atoms with van der Waals surface area (Å²) in [6.45, 7) is 4.63. The summed E-state index contributed by atoms with van der Waals surface area (Å²) in [6.07, 6.45) is 9.04. The van der Waals surface area contributed by atoms with Crippen LogP contribution in [0.25, 0.3) is 0 Å². The van der Waals surface area contributed by atoms with Gasteiger partial charge in [-0.15, -0.1) is 0 Å². The molecule has 1 aliphatic rings. The zero-order valence-corrected chi connectivity index (χ0v) is 8.29. The van der Waals surface area contributed by atoms with Gasteiger partial charge in [0.1, 0.15) is 0 Å². The monoisotopic (exact) mass is 152 g/mol. The first-order chi connectivity index (χ1) is 4.79. The Kier molecular flexibility index (Phi) is 2.94. The van der Waals surface area contributed by atoms with Crippen molar-refractivity contribution in [1.29, 1.82) is 0 Å². The Bertz CT molecular complexity index is 133. The molecule has 0 N–H and O–H groups in total. The Labute approximate surface area is 65.8 Å². The maximum absolute atomic E-state index is 2.34. The number of allylic oxidation sites excluding steroid dienone is 4. The average Bonchev–Trinajstić information content (AvgIpc) is 2.34. The molecule has 0 heterocycles. The van der Waals surface area contributed by atoms with Gasteiger partial charge in [0.25, 0.3) is 0 Å². The van der Waals surface area contributed by atoms with Crippen molar-refractivity contribution in [3.63, 3.8) is 0 Å². The molecule has 0 nitrogen and oxygen atoms in total. The summed E-state index contributed by atoms with van der Waals surface area (Å²) >= 11 is 0. The molecule has 0 saturated carbocycles. The average molecular weight is 152 g/mol. The molecule has 0 fully saturated rings. The molecule has 0 atom stereocenters. The molecule has 10 heavy (non-hydrogen) atoms. The molecule has 0 radical (unpaired) electrons.